The molecule has 8 heteroatoms. The van der Waals surface area contributed by atoms with Crippen molar-refractivity contribution in [2.75, 3.05) is 6.61 Å². The van der Waals surface area contributed by atoms with E-state index in [1.165, 1.54) is 128 Å². The second kappa shape index (κ2) is 40.1. The van der Waals surface area contributed by atoms with Crippen LogP contribution in [0.1, 0.15) is 217 Å². The van der Waals surface area contributed by atoms with Gasteiger partial charge >= 0.3 is 0 Å². The minimum atomic E-state index is -0.965. The second-order valence-corrected chi connectivity index (χ2v) is 23.6. The van der Waals surface area contributed by atoms with Gasteiger partial charge in [0.2, 0.25) is 5.91 Å². The Kier molecular flexibility index (Phi) is 33.2. The molecule has 8 nitrogen and oxygen atoms in total. The highest BCUT2D eigenvalue weighted by atomic mass is 16.6. The zero-order valence-corrected chi connectivity index (χ0v) is 49.1. The van der Waals surface area contributed by atoms with E-state index in [2.05, 4.69) is 81.5 Å². The zero-order valence-electron chi connectivity index (χ0n) is 49.1. The van der Waals surface area contributed by atoms with E-state index in [-0.39, 0.29) is 24.3 Å². The third-order valence-electron chi connectivity index (χ3n) is 15.3. The van der Waals surface area contributed by atoms with Gasteiger partial charge in [0.05, 0.1) is 51.3 Å². The molecule has 2 N–H and O–H groups in total. The summed E-state index contributed by atoms with van der Waals surface area (Å²) >= 11 is 0. The van der Waals surface area contributed by atoms with Crippen LogP contribution in [-0.4, -0.2) is 60.3 Å². The molecule has 4 aromatic rings. The van der Waals surface area contributed by atoms with Crippen LogP contribution < -0.4 is 5.32 Å². The summed E-state index contributed by atoms with van der Waals surface area (Å²) in [6.07, 6.45) is 32.0. The summed E-state index contributed by atoms with van der Waals surface area (Å²) in [6, 6.07) is 39.9. The Balaban J connectivity index is 1.18. The van der Waals surface area contributed by atoms with Crippen LogP contribution in [0, 0.1) is 5.41 Å². The van der Waals surface area contributed by atoms with Crippen molar-refractivity contribution in [1.82, 2.24) is 5.32 Å². The number of aliphatic hydroxyl groups is 1. The first-order chi connectivity index (χ1) is 38.2. The van der Waals surface area contributed by atoms with Crippen LogP contribution in [0.5, 0.6) is 0 Å². The van der Waals surface area contributed by atoms with Gasteiger partial charge in [-0.3, -0.25) is 4.79 Å². The summed E-state index contributed by atoms with van der Waals surface area (Å²) < 4.78 is 34.6. The normalized spacial score (nSPS) is 18.6. The fraction of sp³-hybridized carbons (Fsp3) is 0.614. The van der Waals surface area contributed by atoms with E-state index in [4.69, 9.17) is 23.7 Å². The molecule has 0 aromatic heterocycles. The molecule has 0 spiro atoms. The number of nitrogens with one attached hydrogen (secondary N) is 1. The van der Waals surface area contributed by atoms with Crippen LogP contribution in [0.4, 0.5) is 0 Å². The second-order valence-electron chi connectivity index (χ2n) is 23.6. The van der Waals surface area contributed by atoms with Gasteiger partial charge < -0.3 is 34.1 Å². The van der Waals surface area contributed by atoms with Gasteiger partial charge in [0.25, 0.3) is 0 Å². The third kappa shape index (κ3) is 28.3. The molecule has 0 bridgehead atoms. The molecule has 0 aliphatic carbocycles. The van der Waals surface area contributed by atoms with Gasteiger partial charge in [-0.25, -0.2) is 0 Å². The standard InChI is InChI=1S/C70H105NO7/c1-5-6-7-8-9-10-11-12-13-14-15-16-17-18-19-20-21-22-23-24-25-26-39-50-66(73)71-62(63(72)49-40-51-70(2,3)4)52-64-67(75-54-59-43-33-28-34-44-59)69(77-56-61-47-37-30-38-48-61)68(76-55-60-45-35-29-36-46-60)65(78-64)57-74-53-58-41-31-27-32-42-58/h27-38,40-49,62-65,67-69,72H,5-26,39,50-57H2,1-4H3,(H,71,73)/b49-40+/t62-,63+,64+,65+,67-,68-,69+/m0/s1. The molecule has 1 amide bonds. The fourth-order valence-corrected chi connectivity index (χ4v) is 10.7. The predicted octanol–water partition coefficient (Wildman–Crippen LogP) is 17.3. The lowest BCUT2D eigenvalue weighted by molar-refractivity contribution is -0.274. The van der Waals surface area contributed by atoms with Gasteiger partial charge in [-0.2, -0.15) is 0 Å². The maximum Gasteiger partial charge on any atom is 0.220 e. The molecule has 432 valence electrons. The quantitative estimate of drug-likeness (QED) is 0.0337. The van der Waals surface area contributed by atoms with Crippen molar-refractivity contribution in [2.45, 2.75) is 264 Å². The lowest BCUT2D eigenvalue weighted by Crippen LogP contribution is -2.62. The number of allylic oxidation sites excluding steroid dienone is 1. The van der Waals surface area contributed by atoms with Crippen molar-refractivity contribution >= 4 is 5.91 Å². The van der Waals surface area contributed by atoms with Crippen LogP contribution in [0.15, 0.2) is 133 Å². The number of hydrogen-bond donors (Lipinski definition) is 2. The van der Waals surface area contributed by atoms with E-state index in [0.29, 0.717) is 32.8 Å². The van der Waals surface area contributed by atoms with Crippen LogP contribution >= 0.6 is 0 Å². The van der Waals surface area contributed by atoms with E-state index in [0.717, 1.165) is 47.9 Å². The molecule has 7 atom stereocenters. The number of unbranched alkanes of at least 4 members (excludes halogenated alkanes) is 22. The monoisotopic (exact) mass is 1070 g/mol. The minimum Gasteiger partial charge on any atom is -0.387 e. The molecular formula is C70H105NO7. The summed E-state index contributed by atoms with van der Waals surface area (Å²) in [5.74, 6) is -0.0620. The summed E-state index contributed by atoms with van der Waals surface area (Å²) in [5.41, 5.74) is 4.16. The number of rotatable bonds is 43. The average molecular weight is 1070 g/mol. The highest BCUT2D eigenvalue weighted by Gasteiger charge is 2.49. The summed E-state index contributed by atoms with van der Waals surface area (Å²) in [6.45, 7) is 10.4. The molecule has 1 aliphatic heterocycles. The molecule has 0 unspecified atom stereocenters. The number of aliphatic hydroxyl groups excluding tert-OH is 1. The smallest absolute Gasteiger partial charge is 0.220 e. The predicted molar refractivity (Wildman–Crippen MR) is 322 cm³/mol. The summed E-state index contributed by atoms with van der Waals surface area (Å²) in [4.78, 5) is 14.0. The summed E-state index contributed by atoms with van der Waals surface area (Å²) in [7, 11) is 0. The van der Waals surface area contributed by atoms with Gasteiger partial charge in [0, 0.05) is 6.42 Å². The molecule has 78 heavy (non-hydrogen) atoms. The highest BCUT2D eigenvalue weighted by Crippen LogP contribution is 2.34. The number of ether oxygens (including phenoxy) is 5. The van der Waals surface area contributed by atoms with E-state index >= 15 is 0 Å². The van der Waals surface area contributed by atoms with Crippen molar-refractivity contribution in [1.29, 1.82) is 0 Å². The molecule has 1 saturated heterocycles. The van der Waals surface area contributed by atoms with Crippen molar-refractivity contribution < 1.29 is 33.6 Å². The Hall–Kier alpha value is -4.15. The zero-order chi connectivity index (χ0) is 55.1. The fourth-order valence-electron chi connectivity index (χ4n) is 10.7. The Labute approximate surface area is 474 Å². The number of benzene rings is 4. The summed E-state index contributed by atoms with van der Waals surface area (Å²) in [5, 5.41) is 15.4. The van der Waals surface area contributed by atoms with Gasteiger partial charge in [-0.05, 0) is 46.9 Å². The molecule has 1 aliphatic rings. The number of amides is 1. The van der Waals surface area contributed by atoms with Crippen molar-refractivity contribution in [3.8, 4) is 0 Å². The van der Waals surface area contributed by atoms with Gasteiger partial charge in [-0.15, -0.1) is 0 Å². The van der Waals surface area contributed by atoms with Crippen molar-refractivity contribution in [2.24, 2.45) is 5.41 Å². The average Bonchev–Trinajstić information content (AvgIpc) is 3.48. The number of hydrogen-bond acceptors (Lipinski definition) is 7. The topological polar surface area (TPSA) is 95.5 Å². The van der Waals surface area contributed by atoms with Gasteiger partial charge in [-0.1, -0.05) is 302 Å². The molecule has 5 rings (SSSR count). The Morgan fingerprint density at radius 3 is 1.27 bits per heavy atom. The van der Waals surface area contributed by atoms with Crippen LogP contribution in [0.25, 0.3) is 0 Å². The molecule has 0 radical (unpaired) electrons. The largest absolute Gasteiger partial charge is 0.387 e. The first-order valence-electron chi connectivity index (χ1n) is 31.1. The lowest BCUT2D eigenvalue weighted by atomic mass is 9.88. The Morgan fingerprint density at radius 1 is 0.513 bits per heavy atom. The molecule has 0 saturated carbocycles. The maximum atomic E-state index is 14.0. The van der Waals surface area contributed by atoms with E-state index < -0.39 is 42.7 Å². The van der Waals surface area contributed by atoms with Crippen LogP contribution in [-0.2, 0) is 54.9 Å². The first-order valence-corrected chi connectivity index (χ1v) is 31.1. The van der Waals surface area contributed by atoms with Crippen LogP contribution in [0.3, 0.4) is 0 Å². The van der Waals surface area contributed by atoms with Crippen molar-refractivity contribution in [3.63, 3.8) is 0 Å². The van der Waals surface area contributed by atoms with E-state index in [9.17, 15) is 9.90 Å². The van der Waals surface area contributed by atoms with E-state index in [1.54, 1.807) is 0 Å². The van der Waals surface area contributed by atoms with Gasteiger partial charge in [0.15, 0.2) is 0 Å². The first kappa shape index (κ1) is 64.7. The lowest BCUT2D eigenvalue weighted by Gasteiger charge is -2.47. The highest BCUT2D eigenvalue weighted by molar-refractivity contribution is 5.76. The Bertz CT molecular complexity index is 2080. The minimum absolute atomic E-state index is 0.0361. The number of carbonyl (C=O) groups excluding carboxylic acids is 1. The SMILES string of the molecule is CCCCCCCCCCCCCCCCCCCCCCCCCC(=O)N[C@@H](C[C@H]1O[C@H](COCc2ccccc2)[C@H](OCc2ccccc2)[C@H](OCc2ccccc2)[C@H]1OCc1ccccc1)[C@H](O)/C=C/CC(C)(C)C. The van der Waals surface area contributed by atoms with Gasteiger partial charge in [0.1, 0.15) is 24.4 Å². The van der Waals surface area contributed by atoms with E-state index in [1.807, 2.05) is 84.9 Å². The molecule has 1 heterocycles. The van der Waals surface area contributed by atoms with Crippen molar-refractivity contribution in [3.05, 3.63) is 156 Å². The number of carbonyl (C=O) groups is 1. The third-order valence-corrected chi connectivity index (χ3v) is 15.3. The molecule has 1 fully saturated rings. The Morgan fingerprint density at radius 2 is 0.872 bits per heavy atom. The van der Waals surface area contributed by atoms with Crippen LogP contribution in [0.2, 0.25) is 0 Å². The molecule has 4 aromatic carbocycles. The molecular weight excluding hydrogens is 967 g/mol. The maximum absolute atomic E-state index is 14.0.